The number of benzene rings is 1. The minimum absolute atomic E-state index is 0.000264. The molecule has 0 radical (unpaired) electrons. The van der Waals surface area contributed by atoms with Gasteiger partial charge in [-0.2, -0.15) is 9.97 Å². The normalized spacial score (nSPS) is 21.7. The van der Waals surface area contributed by atoms with Crippen molar-refractivity contribution in [2.24, 2.45) is 4.99 Å². The molecule has 4 rings (SSSR count). The van der Waals surface area contributed by atoms with E-state index in [1.54, 1.807) is 7.11 Å². The Morgan fingerprint density at radius 3 is 2.25 bits per heavy atom. The predicted molar refractivity (Wildman–Crippen MR) is 118 cm³/mol. The van der Waals surface area contributed by atoms with Gasteiger partial charge in [0, 0.05) is 11.5 Å². The number of nitrogens with zero attached hydrogens (tertiary/aromatic N) is 3. The van der Waals surface area contributed by atoms with Crippen molar-refractivity contribution >= 4 is 5.71 Å². The highest BCUT2D eigenvalue weighted by Crippen LogP contribution is 2.46. The fraction of sp³-hybridized carbons (Fsp3) is 0.522. The van der Waals surface area contributed by atoms with Crippen molar-refractivity contribution in [1.29, 1.82) is 0 Å². The Hall–Kier alpha value is -3.07. The topological polar surface area (TPSA) is 105 Å². The lowest BCUT2D eigenvalue weighted by atomic mass is 9.74. The van der Waals surface area contributed by atoms with E-state index in [1.807, 2.05) is 19.1 Å². The van der Waals surface area contributed by atoms with Crippen LogP contribution in [-0.2, 0) is 0 Å². The van der Waals surface area contributed by atoms with Crippen LogP contribution in [-0.4, -0.2) is 68.0 Å². The van der Waals surface area contributed by atoms with Crippen LogP contribution in [0.3, 0.4) is 0 Å². The molecule has 1 aromatic heterocycles. The molecule has 0 amide bonds. The van der Waals surface area contributed by atoms with E-state index in [4.69, 9.17) is 28.7 Å². The second kappa shape index (κ2) is 9.20. The summed E-state index contributed by atoms with van der Waals surface area (Å²) in [6.45, 7) is 2.45. The smallest absolute Gasteiger partial charge is 0.322 e. The third-order valence-corrected chi connectivity index (χ3v) is 6.00. The Bertz CT molecular complexity index is 1000. The highest BCUT2D eigenvalue weighted by atomic mass is 16.5. The van der Waals surface area contributed by atoms with Crippen molar-refractivity contribution in [2.75, 3.05) is 35.0 Å². The molecule has 9 nitrogen and oxygen atoms in total. The lowest BCUT2D eigenvalue weighted by molar-refractivity contribution is 0.111. The number of ether oxygens (including phenoxy) is 5. The molecule has 1 aliphatic heterocycles. The molecule has 0 saturated heterocycles. The second-order valence-corrected chi connectivity index (χ2v) is 7.75. The lowest BCUT2D eigenvalue weighted by Crippen LogP contribution is -2.34. The van der Waals surface area contributed by atoms with Crippen LogP contribution in [0.15, 0.2) is 17.1 Å². The maximum Gasteiger partial charge on any atom is 0.322 e. The maximum atomic E-state index is 10.4. The number of hydrogen-bond donors (Lipinski definition) is 1. The quantitative estimate of drug-likeness (QED) is 0.697. The molecule has 172 valence electrons. The van der Waals surface area contributed by atoms with E-state index in [0.717, 1.165) is 17.5 Å². The summed E-state index contributed by atoms with van der Waals surface area (Å²) in [7, 11) is 6.16. The number of aliphatic hydroxyl groups is 1. The van der Waals surface area contributed by atoms with E-state index in [9.17, 15) is 5.11 Å². The van der Waals surface area contributed by atoms with Crippen molar-refractivity contribution in [3.05, 3.63) is 28.8 Å². The van der Waals surface area contributed by atoms with Gasteiger partial charge in [0.2, 0.25) is 11.8 Å². The number of hydrogen-bond acceptors (Lipinski definition) is 9. The summed E-state index contributed by atoms with van der Waals surface area (Å²) < 4.78 is 27.8. The maximum absolute atomic E-state index is 10.4. The highest BCUT2D eigenvalue weighted by Gasteiger charge is 2.39. The lowest BCUT2D eigenvalue weighted by Gasteiger charge is -2.37. The third kappa shape index (κ3) is 3.81. The van der Waals surface area contributed by atoms with E-state index in [2.05, 4.69) is 9.97 Å². The predicted octanol–water partition coefficient (Wildman–Crippen LogP) is 2.76. The minimum atomic E-state index is -0.355. The molecule has 2 heterocycles. The molecule has 2 aromatic rings. The van der Waals surface area contributed by atoms with Gasteiger partial charge in [-0.15, -0.1) is 0 Å². The molecule has 1 fully saturated rings. The number of rotatable bonds is 7. The average Bonchev–Trinajstić information content (AvgIpc) is 2.82. The van der Waals surface area contributed by atoms with Gasteiger partial charge in [-0.05, 0) is 43.9 Å². The number of methoxy groups -OCH3 is 4. The van der Waals surface area contributed by atoms with Crippen LogP contribution >= 0.6 is 0 Å². The average molecular weight is 444 g/mol. The zero-order chi connectivity index (χ0) is 22.8. The summed E-state index contributed by atoms with van der Waals surface area (Å²) >= 11 is 0. The van der Waals surface area contributed by atoms with Gasteiger partial charge in [0.15, 0.2) is 11.5 Å². The van der Waals surface area contributed by atoms with Crippen molar-refractivity contribution in [1.82, 2.24) is 9.97 Å². The first-order valence-corrected chi connectivity index (χ1v) is 10.7. The first-order valence-electron chi connectivity index (χ1n) is 10.7. The van der Waals surface area contributed by atoms with Gasteiger partial charge in [0.1, 0.15) is 5.56 Å². The monoisotopic (exact) mass is 443 g/mol. The van der Waals surface area contributed by atoms with E-state index in [1.165, 1.54) is 21.3 Å². The van der Waals surface area contributed by atoms with Gasteiger partial charge in [-0.3, -0.25) is 4.99 Å². The van der Waals surface area contributed by atoms with Crippen molar-refractivity contribution in [3.8, 4) is 29.3 Å². The number of aliphatic hydroxyl groups excluding tert-OH is 1. The molecular weight excluding hydrogens is 414 g/mol. The van der Waals surface area contributed by atoms with Crippen LogP contribution in [0.25, 0.3) is 0 Å². The Morgan fingerprint density at radius 2 is 1.66 bits per heavy atom. The first-order chi connectivity index (χ1) is 15.5. The van der Waals surface area contributed by atoms with Crippen molar-refractivity contribution in [3.63, 3.8) is 0 Å². The van der Waals surface area contributed by atoms with Gasteiger partial charge in [0.25, 0.3) is 0 Å². The van der Waals surface area contributed by atoms with Crippen LogP contribution in [0.5, 0.6) is 29.3 Å². The Morgan fingerprint density at radius 1 is 0.938 bits per heavy atom. The third-order valence-electron chi connectivity index (χ3n) is 6.00. The molecule has 32 heavy (non-hydrogen) atoms. The Labute approximate surface area is 187 Å². The number of fused-ring (bicyclic) bond motifs is 3. The van der Waals surface area contributed by atoms with Crippen LogP contribution in [0.4, 0.5) is 0 Å². The van der Waals surface area contributed by atoms with Gasteiger partial charge in [-0.1, -0.05) is 0 Å². The molecular formula is C23H29N3O6. The summed E-state index contributed by atoms with van der Waals surface area (Å²) in [6.07, 6.45) is 1.76. The first kappa shape index (κ1) is 22.1. The zero-order valence-electron chi connectivity index (χ0n) is 19.0. The standard InChI is InChI=1S/C23H29N3O6/c1-6-32-18-10-13-14-9-12(27)7-8-16(14)24-20(15(13)11-17(18)28-2)19-21(29-3)25-23(31-5)26-22(19)30-4/h10-12,14,16,27H,6-9H2,1-5H3/t12-,14-,16-/m1/s1. The van der Waals surface area contributed by atoms with Crippen molar-refractivity contribution < 1.29 is 28.8 Å². The van der Waals surface area contributed by atoms with Gasteiger partial charge >= 0.3 is 6.01 Å². The number of aromatic nitrogens is 2. The van der Waals surface area contributed by atoms with E-state index < -0.39 is 0 Å². The SMILES string of the molecule is CCOc1cc2c(cc1OC)C(c1c(OC)nc(OC)nc1OC)=N[C@@H]1CC[C@@H](O)C[C@H]21. The fourth-order valence-corrected chi connectivity index (χ4v) is 4.56. The molecule has 1 saturated carbocycles. The van der Waals surface area contributed by atoms with Crippen LogP contribution in [0.2, 0.25) is 0 Å². The van der Waals surface area contributed by atoms with Gasteiger partial charge in [-0.25, -0.2) is 0 Å². The highest BCUT2D eigenvalue weighted by molar-refractivity contribution is 6.17. The molecule has 3 atom stereocenters. The van der Waals surface area contributed by atoms with Gasteiger partial charge < -0.3 is 28.8 Å². The zero-order valence-corrected chi connectivity index (χ0v) is 19.0. The van der Waals surface area contributed by atoms with Crippen LogP contribution in [0.1, 0.15) is 48.8 Å². The van der Waals surface area contributed by atoms with Crippen LogP contribution in [0, 0.1) is 0 Å². The second-order valence-electron chi connectivity index (χ2n) is 7.75. The summed E-state index contributed by atoms with van der Waals surface area (Å²) in [5, 5.41) is 10.4. The molecule has 0 unspecified atom stereocenters. The molecule has 9 heteroatoms. The minimum Gasteiger partial charge on any atom is -0.493 e. The molecule has 1 aliphatic carbocycles. The van der Waals surface area contributed by atoms with E-state index in [-0.39, 0.29) is 24.1 Å². The molecule has 0 bridgehead atoms. The van der Waals surface area contributed by atoms with E-state index >= 15 is 0 Å². The molecule has 2 aliphatic rings. The van der Waals surface area contributed by atoms with Crippen LogP contribution < -0.4 is 23.7 Å². The van der Waals surface area contributed by atoms with E-state index in [0.29, 0.717) is 54.0 Å². The molecule has 1 N–H and O–H groups in total. The summed E-state index contributed by atoms with van der Waals surface area (Å²) in [6, 6.07) is 4.06. The Kier molecular flexibility index (Phi) is 6.36. The fourth-order valence-electron chi connectivity index (χ4n) is 4.56. The molecule has 0 spiro atoms. The Balaban J connectivity index is 1.97. The molecule has 1 aromatic carbocycles. The van der Waals surface area contributed by atoms with Crippen molar-refractivity contribution in [2.45, 2.75) is 44.2 Å². The number of aliphatic imine (C=N–C) groups is 1. The summed E-state index contributed by atoms with van der Waals surface area (Å²) in [4.78, 5) is 13.8. The van der Waals surface area contributed by atoms with Gasteiger partial charge in [0.05, 0.1) is 52.9 Å². The summed E-state index contributed by atoms with van der Waals surface area (Å²) in [5.41, 5.74) is 3.11. The summed E-state index contributed by atoms with van der Waals surface area (Å²) in [5.74, 6) is 1.94. The largest absolute Gasteiger partial charge is 0.493 e.